The highest BCUT2D eigenvalue weighted by atomic mass is 16.3. The Bertz CT molecular complexity index is 2440. The third kappa shape index (κ3) is 2.93. The van der Waals surface area contributed by atoms with E-state index >= 15 is 0 Å². The summed E-state index contributed by atoms with van der Waals surface area (Å²) in [5.41, 5.74) is 9.03. The lowest BCUT2D eigenvalue weighted by molar-refractivity contribution is 0.669. The van der Waals surface area contributed by atoms with Crippen molar-refractivity contribution < 1.29 is 4.42 Å². The molecule has 7 aromatic carbocycles. The molecule has 0 saturated heterocycles. The molecule has 0 spiro atoms. The van der Waals surface area contributed by atoms with Crippen molar-refractivity contribution in [2.45, 2.75) is 0 Å². The highest BCUT2D eigenvalue weighted by molar-refractivity contribution is 6.23. The summed E-state index contributed by atoms with van der Waals surface area (Å²) in [6, 6.07) is 47.8. The fourth-order valence-electron chi connectivity index (χ4n) is 6.70. The molecule has 0 aliphatic rings. The van der Waals surface area contributed by atoms with E-state index < -0.39 is 0 Å². The number of nitrogens with one attached hydrogen (secondary N) is 1. The molecular weight excluding hydrogens is 486 g/mol. The summed E-state index contributed by atoms with van der Waals surface area (Å²) in [6.07, 6.45) is 0. The van der Waals surface area contributed by atoms with E-state index in [1.165, 1.54) is 71.0 Å². The molecule has 0 atom stereocenters. The van der Waals surface area contributed by atoms with Crippen LogP contribution in [0.3, 0.4) is 0 Å². The zero-order valence-corrected chi connectivity index (χ0v) is 21.6. The normalized spacial score (nSPS) is 12.0. The van der Waals surface area contributed by atoms with E-state index in [9.17, 15) is 0 Å². The number of hydrogen-bond donors (Lipinski definition) is 1. The van der Waals surface area contributed by atoms with Gasteiger partial charge in [0.05, 0.1) is 5.52 Å². The topological polar surface area (TPSA) is 28.9 Å². The Balaban J connectivity index is 1.33. The van der Waals surface area contributed by atoms with Crippen LogP contribution in [0.1, 0.15) is 0 Å². The van der Waals surface area contributed by atoms with E-state index in [1.807, 2.05) is 12.1 Å². The molecule has 2 nitrogen and oxygen atoms in total. The molecule has 0 unspecified atom stereocenters. The number of H-pyrrole nitrogens is 1. The number of furan rings is 1. The average molecular weight is 510 g/mol. The van der Waals surface area contributed by atoms with Gasteiger partial charge in [-0.3, -0.25) is 0 Å². The maximum atomic E-state index is 6.22. The molecule has 0 radical (unpaired) electrons. The Morgan fingerprint density at radius 1 is 0.375 bits per heavy atom. The molecule has 2 heteroatoms. The van der Waals surface area contributed by atoms with Crippen LogP contribution < -0.4 is 0 Å². The van der Waals surface area contributed by atoms with Crippen LogP contribution in [0.15, 0.2) is 138 Å². The van der Waals surface area contributed by atoms with Gasteiger partial charge in [0.15, 0.2) is 0 Å². The van der Waals surface area contributed by atoms with Gasteiger partial charge in [-0.2, -0.15) is 0 Å². The number of aromatic nitrogens is 1. The monoisotopic (exact) mass is 509 g/mol. The van der Waals surface area contributed by atoms with Gasteiger partial charge < -0.3 is 9.40 Å². The maximum Gasteiger partial charge on any atom is 0.136 e. The van der Waals surface area contributed by atoms with E-state index in [0.29, 0.717) is 0 Å². The van der Waals surface area contributed by atoms with Crippen LogP contribution in [0.2, 0.25) is 0 Å². The molecule has 9 aromatic rings. The minimum absolute atomic E-state index is 0.918. The molecule has 0 fully saturated rings. The number of para-hydroxylation sites is 2. The Kier molecular flexibility index (Phi) is 4.36. The van der Waals surface area contributed by atoms with Crippen molar-refractivity contribution in [2.75, 3.05) is 0 Å². The molecule has 0 saturated carbocycles. The van der Waals surface area contributed by atoms with Crippen LogP contribution in [-0.2, 0) is 0 Å². The van der Waals surface area contributed by atoms with Crippen molar-refractivity contribution in [1.29, 1.82) is 0 Å². The van der Waals surface area contributed by atoms with Crippen LogP contribution in [-0.4, -0.2) is 4.98 Å². The fourth-order valence-corrected chi connectivity index (χ4v) is 6.70. The Labute approximate surface area is 230 Å². The summed E-state index contributed by atoms with van der Waals surface area (Å²) in [7, 11) is 0. The van der Waals surface area contributed by atoms with Crippen LogP contribution >= 0.6 is 0 Å². The highest BCUT2D eigenvalue weighted by Crippen LogP contribution is 2.43. The standard InChI is InChI=1S/C38H23NO/c1-2-10-24-23(9-1)21-22-33-36(24)32-18-7-17-30(38(32)39-33)28-15-6-12-25-26(28)13-5-14-27(25)29-16-8-20-35-37(29)31-11-3-4-19-34(31)40-35/h1-22,39H. The van der Waals surface area contributed by atoms with Crippen molar-refractivity contribution in [3.8, 4) is 22.3 Å². The van der Waals surface area contributed by atoms with Gasteiger partial charge in [-0.05, 0) is 56.4 Å². The first kappa shape index (κ1) is 21.6. The first-order chi connectivity index (χ1) is 19.8. The molecule has 0 aliphatic carbocycles. The second kappa shape index (κ2) is 8.08. The second-order valence-corrected chi connectivity index (χ2v) is 10.5. The molecule has 9 rings (SSSR count). The van der Waals surface area contributed by atoms with Crippen LogP contribution in [0.25, 0.3) is 87.5 Å². The number of benzene rings is 7. The van der Waals surface area contributed by atoms with Crippen molar-refractivity contribution in [3.63, 3.8) is 0 Å². The summed E-state index contributed by atoms with van der Waals surface area (Å²) in [4.78, 5) is 3.78. The minimum atomic E-state index is 0.918. The Hall–Kier alpha value is -5.34. The van der Waals surface area contributed by atoms with Gasteiger partial charge in [-0.1, -0.05) is 115 Å². The Morgan fingerprint density at radius 3 is 1.82 bits per heavy atom. The third-order valence-electron chi connectivity index (χ3n) is 8.43. The average Bonchev–Trinajstić information content (AvgIpc) is 3.59. The lowest BCUT2D eigenvalue weighted by atomic mass is 9.90. The maximum absolute atomic E-state index is 6.22. The number of hydrogen-bond acceptors (Lipinski definition) is 1. The minimum Gasteiger partial charge on any atom is -0.456 e. The van der Waals surface area contributed by atoms with E-state index in [0.717, 1.165) is 16.6 Å². The van der Waals surface area contributed by atoms with Gasteiger partial charge in [-0.25, -0.2) is 0 Å². The molecule has 0 bridgehead atoms. The molecular formula is C38H23NO. The van der Waals surface area contributed by atoms with Crippen molar-refractivity contribution in [1.82, 2.24) is 4.98 Å². The predicted molar refractivity (Wildman–Crippen MR) is 169 cm³/mol. The van der Waals surface area contributed by atoms with Crippen molar-refractivity contribution in [2.24, 2.45) is 0 Å². The Morgan fingerprint density at radius 2 is 0.975 bits per heavy atom. The quantitative estimate of drug-likeness (QED) is 0.247. The van der Waals surface area contributed by atoms with E-state index in [1.54, 1.807) is 0 Å². The van der Waals surface area contributed by atoms with E-state index in [2.05, 4.69) is 126 Å². The third-order valence-corrected chi connectivity index (χ3v) is 8.43. The summed E-state index contributed by atoms with van der Waals surface area (Å²) in [6.45, 7) is 0. The highest BCUT2D eigenvalue weighted by Gasteiger charge is 2.17. The van der Waals surface area contributed by atoms with E-state index in [4.69, 9.17) is 4.42 Å². The predicted octanol–water partition coefficient (Wildman–Crippen LogP) is 10.9. The second-order valence-electron chi connectivity index (χ2n) is 10.5. The fraction of sp³-hybridized carbons (Fsp3) is 0. The molecule has 2 aromatic heterocycles. The van der Waals surface area contributed by atoms with Gasteiger partial charge in [0.1, 0.15) is 11.2 Å². The summed E-state index contributed by atoms with van der Waals surface area (Å²) < 4.78 is 6.22. The zero-order valence-electron chi connectivity index (χ0n) is 21.6. The van der Waals surface area contributed by atoms with Gasteiger partial charge in [-0.15, -0.1) is 0 Å². The number of rotatable bonds is 2. The zero-order chi connectivity index (χ0) is 26.2. The number of fused-ring (bicyclic) bond motifs is 9. The van der Waals surface area contributed by atoms with Gasteiger partial charge >= 0.3 is 0 Å². The SMILES string of the molecule is c1ccc2c(c1)ccc1[nH]c3c(-c4cccc5c(-c6cccc7oc8ccccc8c67)cccc45)cccc3c12. The lowest BCUT2D eigenvalue weighted by Gasteiger charge is -2.13. The summed E-state index contributed by atoms with van der Waals surface area (Å²) in [5, 5.41) is 9.87. The molecule has 186 valence electrons. The first-order valence-electron chi connectivity index (χ1n) is 13.7. The summed E-state index contributed by atoms with van der Waals surface area (Å²) >= 11 is 0. The van der Waals surface area contributed by atoms with Crippen LogP contribution in [0.5, 0.6) is 0 Å². The smallest absolute Gasteiger partial charge is 0.136 e. The van der Waals surface area contributed by atoms with E-state index in [-0.39, 0.29) is 0 Å². The molecule has 0 aliphatic heterocycles. The largest absolute Gasteiger partial charge is 0.456 e. The van der Waals surface area contributed by atoms with Crippen LogP contribution in [0, 0.1) is 0 Å². The van der Waals surface area contributed by atoms with Gasteiger partial charge in [0.2, 0.25) is 0 Å². The van der Waals surface area contributed by atoms with Crippen molar-refractivity contribution >= 4 is 65.3 Å². The summed E-state index contributed by atoms with van der Waals surface area (Å²) in [5.74, 6) is 0. The van der Waals surface area contributed by atoms with Gasteiger partial charge in [0, 0.05) is 32.6 Å². The number of aromatic amines is 1. The molecule has 1 N–H and O–H groups in total. The molecule has 2 heterocycles. The van der Waals surface area contributed by atoms with Crippen LogP contribution in [0.4, 0.5) is 0 Å². The molecule has 40 heavy (non-hydrogen) atoms. The first-order valence-corrected chi connectivity index (χ1v) is 13.7. The van der Waals surface area contributed by atoms with Crippen molar-refractivity contribution in [3.05, 3.63) is 133 Å². The van der Waals surface area contributed by atoms with Gasteiger partial charge in [0.25, 0.3) is 0 Å². The lowest BCUT2D eigenvalue weighted by Crippen LogP contribution is -1.87. The molecule has 0 amide bonds.